The fourth-order valence-corrected chi connectivity index (χ4v) is 0.712. The van der Waals surface area contributed by atoms with Crippen molar-refractivity contribution in [2.75, 3.05) is 0 Å². The van der Waals surface area contributed by atoms with E-state index in [1.54, 1.807) is 6.92 Å². The maximum atomic E-state index is 10.8. The van der Waals surface area contributed by atoms with Crippen LogP contribution in [0.4, 0.5) is 0 Å². The number of ketones is 2. The zero-order valence-corrected chi connectivity index (χ0v) is 8.33. The molecule has 0 atom stereocenters. The van der Waals surface area contributed by atoms with Crippen LogP contribution in [0, 0.1) is 0 Å². The van der Waals surface area contributed by atoms with Crippen molar-refractivity contribution in [3.05, 3.63) is 0 Å². The molecule has 0 aliphatic carbocycles. The molecule has 3 heteroatoms. The van der Waals surface area contributed by atoms with Gasteiger partial charge in [0.2, 0.25) is 0 Å². The molecule has 0 radical (unpaired) electrons. The predicted molar refractivity (Wildman–Crippen MR) is 39.8 cm³/mol. The third kappa shape index (κ3) is 7.77. The standard InChI is InChI=1S/C8H14O2.Cr/c1-3-5-8(10)6-7(9)4-2;/h3-6H2,1-2H3;. The minimum atomic E-state index is 0. The number of Topliss-reactive ketones (excluding diaryl/α,β-unsaturated/α-hetero) is 2. The first-order chi connectivity index (χ1) is 4.70. The number of hydrogen-bond donors (Lipinski definition) is 0. The molecule has 0 aliphatic heterocycles. The predicted octanol–water partition coefficient (Wildman–Crippen LogP) is 1.72. The quantitative estimate of drug-likeness (QED) is 0.624. The number of carbonyl (C=O) groups is 2. The van der Waals surface area contributed by atoms with Gasteiger partial charge in [0.1, 0.15) is 11.6 Å². The van der Waals surface area contributed by atoms with Gasteiger partial charge >= 0.3 is 0 Å². The van der Waals surface area contributed by atoms with E-state index in [9.17, 15) is 9.59 Å². The fourth-order valence-electron chi connectivity index (χ4n) is 0.712. The number of hydrogen-bond acceptors (Lipinski definition) is 2. The monoisotopic (exact) mass is 194 g/mol. The Morgan fingerprint density at radius 3 is 2.00 bits per heavy atom. The molecule has 11 heavy (non-hydrogen) atoms. The Hall–Kier alpha value is -0.128. The summed E-state index contributed by atoms with van der Waals surface area (Å²) in [6.07, 6.45) is 2.02. The van der Waals surface area contributed by atoms with Crippen LogP contribution in [-0.4, -0.2) is 11.6 Å². The normalized spacial score (nSPS) is 8.55. The van der Waals surface area contributed by atoms with Crippen LogP contribution in [0.3, 0.4) is 0 Å². The van der Waals surface area contributed by atoms with Crippen LogP contribution >= 0.6 is 0 Å². The van der Waals surface area contributed by atoms with Gasteiger partial charge < -0.3 is 0 Å². The molecule has 2 nitrogen and oxygen atoms in total. The van der Waals surface area contributed by atoms with Crippen LogP contribution in [0.1, 0.15) is 39.5 Å². The summed E-state index contributed by atoms with van der Waals surface area (Å²) in [6, 6.07) is 0. The molecule has 0 heterocycles. The second-order valence-electron chi connectivity index (χ2n) is 2.36. The van der Waals surface area contributed by atoms with E-state index >= 15 is 0 Å². The van der Waals surface area contributed by atoms with Crippen molar-refractivity contribution in [1.29, 1.82) is 0 Å². The van der Waals surface area contributed by atoms with E-state index < -0.39 is 0 Å². The first-order valence-corrected chi connectivity index (χ1v) is 3.74. The van der Waals surface area contributed by atoms with E-state index in [-0.39, 0.29) is 35.3 Å². The number of rotatable bonds is 5. The van der Waals surface area contributed by atoms with Gasteiger partial charge in [-0.3, -0.25) is 9.59 Å². The van der Waals surface area contributed by atoms with E-state index in [1.165, 1.54) is 0 Å². The van der Waals surface area contributed by atoms with Crippen molar-refractivity contribution in [3.63, 3.8) is 0 Å². The Labute approximate surface area is 78.5 Å². The third-order valence-electron chi connectivity index (χ3n) is 1.32. The topological polar surface area (TPSA) is 34.1 Å². The van der Waals surface area contributed by atoms with Gasteiger partial charge in [-0.2, -0.15) is 0 Å². The average Bonchev–Trinajstić information content (AvgIpc) is 1.88. The van der Waals surface area contributed by atoms with Crippen molar-refractivity contribution >= 4 is 11.6 Å². The van der Waals surface area contributed by atoms with Crippen molar-refractivity contribution in [3.8, 4) is 0 Å². The summed E-state index contributed by atoms with van der Waals surface area (Å²) in [5.41, 5.74) is 0. The summed E-state index contributed by atoms with van der Waals surface area (Å²) in [5, 5.41) is 0. The van der Waals surface area contributed by atoms with Gasteiger partial charge in [-0.1, -0.05) is 13.8 Å². The van der Waals surface area contributed by atoms with Crippen LogP contribution in [-0.2, 0) is 27.0 Å². The van der Waals surface area contributed by atoms with Crippen LogP contribution < -0.4 is 0 Å². The zero-order valence-electron chi connectivity index (χ0n) is 7.05. The Kier molecular flexibility index (Phi) is 9.76. The Bertz CT molecular complexity index is 132. The van der Waals surface area contributed by atoms with Crippen molar-refractivity contribution in [2.45, 2.75) is 39.5 Å². The molecule has 0 aliphatic rings. The molecule has 0 bridgehead atoms. The van der Waals surface area contributed by atoms with Crippen LogP contribution in [0.15, 0.2) is 0 Å². The molecule has 0 aromatic heterocycles. The maximum Gasteiger partial charge on any atom is 0.140 e. The fraction of sp³-hybridized carbons (Fsp3) is 0.750. The number of carbonyl (C=O) groups excluding carboxylic acids is 2. The Morgan fingerprint density at radius 1 is 1.09 bits per heavy atom. The van der Waals surface area contributed by atoms with E-state index in [0.717, 1.165) is 6.42 Å². The molecule has 0 N–H and O–H groups in total. The Balaban J connectivity index is 0. The average molecular weight is 194 g/mol. The first-order valence-electron chi connectivity index (χ1n) is 3.74. The minimum absolute atomic E-state index is 0. The van der Waals surface area contributed by atoms with Gasteiger partial charge in [0.25, 0.3) is 0 Å². The summed E-state index contributed by atoms with van der Waals surface area (Å²) < 4.78 is 0. The van der Waals surface area contributed by atoms with Crippen LogP contribution in [0.2, 0.25) is 0 Å². The van der Waals surface area contributed by atoms with Gasteiger partial charge in [0.05, 0.1) is 6.42 Å². The van der Waals surface area contributed by atoms with E-state index in [4.69, 9.17) is 0 Å². The van der Waals surface area contributed by atoms with Gasteiger partial charge in [0.15, 0.2) is 0 Å². The molecule has 0 aromatic carbocycles. The molecule has 0 saturated heterocycles. The first kappa shape index (κ1) is 13.5. The zero-order chi connectivity index (χ0) is 7.98. The summed E-state index contributed by atoms with van der Waals surface area (Å²) in [7, 11) is 0. The van der Waals surface area contributed by atoms with Crippen LogP contribution in [0.25, 0.3) is 0 Å². The molecule has 0 fully saturated rings. The second kappa shape index (κ2) is 7.97. The summed E-state index contributed by atoms with van der Waals surface area (Å²) >= 11 is 0. The van der Waals surface area contributed by atoms with E-state index in [2.05, 4.69) is 0 Å². The summed E-state index contributed by atoms with van der Waals surface area (Å²) in [6.45, 7) is 3.72. The Morgan fingerprint density at radius 2 is 1.64 bits per heavy atom. The van der Waals surface area contributed by atoms with Gasteiger partial charge in [-0.15, -0.1) is 0 Å². The van der Waals surface area contributed by atoms with Crippen LogP contribution in [0.5, 0.6) is 0 Å². The van der Waals surface area contributed by atoms with Gasteiger partial charge in [-0.25, -0.2) is 0 Å². The molecular weight excluding hydrogens is 180 g/mol. The second-order valence-corrected chi connectivity index (χ2v) is 2.36. The molecule has 64 valence electrons. The van der Waals surface area contributed by atoms with Crippen molar-refractivity contribution < 1.29 is 27.0 Å². The van der Waals surface area contributed by atoms with E-state index in [1.807, 2.05) is 6.92 Å². The summed E-state index contributed by atoms with van der Waals surface area (Å²) in [5.74, 6) is 0.132. The minimum Gasteiger partial charge on any atom is -0.299 e. The largest absolute Gasteiger partial charge is 0.299 e. The molecule has 0 saturated carbocycles. The van der Waals surface area contributed by atoms with Gasteiger partial charge in [-0.05, 0) is 6.42 Å². The maximum absolute atomic E-state index is 10.8. The molecule has 0 unspecified atom stereocenters. The SMILES string of the molecule is CCCC(=O)CC(=O)CC.[Cr]. The van der Waals surface area contributed by atoms with Gasteiger partial charge in [0, 0.05) is 30.2 Å². The molecule has 0 aromatic rings. The van der Waals surface area contributed by atoms with Crippen molar-refractivity contribution in [1.82, 2.24) is 0 Å². The molecular formula is C8H14CrO2. The molecule has 0 spiro atoms. The third-order valence-corrected chi connectivity index (χ3v) is 1.32. The molecule has 0 amide bonds. The summed E-state index contributed by atoms with van der Waals surface area (Å²) in [4.78, 5) is 21.5. The molecule has 0 rings (SSSR count). The smallest absolute Gasteiger partial charge is 0.140 e. The van der Waals surface area contributed by atoms with E-state index in [0.29, 0.717) is 12.8 Å². The van der Waals surface area contributed by atoms with Crippen molar-refractivity contribution in [2.24, 2.45) is 0 Å².